The van der Waals surface area contributed by atoms with Crippen molar-refractivity contribution in [2.45, 2.75) is 25.7 Å². The number of methoxy groups -OCH3 is 1. The van der Waals surface area contributed by atoms with Crippen LogP contribution in [0, 0.1) is 17.8 Å². The molecule has 1 aromatic heterocycles. The standard InChI is InChI=1S/C15H23N3O2/c1-20-13-9-16-15(17-10-13)18-5-2-11(3-6-18)14-8-12(14)4-7-19/h9-12,14,19H,2-8H2,1H3. The fourth-order valence-corrected chi connectivity index (χ4v) is 3.45. The third-order valence-corrected chi connectivity index (χ3v) is 4.76. The molecule has 0 aromatic carbocycles. The number of hydrogen-bond acceptors (Lipinski definition) is 5. The Morgan fingerprint density at radius 3 is 2.60 bits per heavy atom. The number of nitrogens with zero attached hydrogens (tertiary/aromatic N) is 3. The Labute approximate surface area is 120 Å². The van der Waals surface area contributed by atoms with Gasteiger partial charge in [0.1, 0.15) is 0 Å². The van der Waals surface area contributed by atoms with Crippen molar-refractivity contribution < 1.29 is 9.84 Å². The summed E-state index contributed by atoms with van der Waals surface area (Å²) in [4.78, 5) is 11.0. The number of anilines is 1. The lowest BCUT2D eigenvalue weighted by molar-refractivity contribution is 0.266. The number of aliphatic hydroxyl groups excluding tert-OH is 1. The van der Waals surface area contributed by atoms with Crippen molar-refractivity contribution in [1.82, 2.24) is 9.97 Å². The first kappa shape index (κ1) is 13.6. The maximum Gasteiger partial charge on any atom is 0.225 e. The molecule has 0 radical (unpaired) electrons. The number of piperidine rings is 1. The first-order valence-corrected chi connectivity index (χ1v) is 7.53. The predicted octanol–water partition coefficient (Wildman–Crippen LogP) is 1.72. The van der Waals surface area contributed by atoms with Gasteiger partial charge in [-0.25, -0.2) is 9.97 Å². The van der Waals surface area contributed by atoms with Crippen LogP contribution in [0.25, 0.3) is 0 Å². The smallest absolute Gasteiger partial charge is 0.225 e. The van der Waals surface area contributed by atoms with E-state index in [1.54, 1.807) is 19.5 Å². The van der Waals surface area contributed by atoms with Crippen LogP contribution in [0.1, 0.15) is 25.7 Å². The summed E-state index contributed by atoms with van der Waals surface area (Å²) in [6.07, 6.45) is 8.22. The molecular weight excluding hydrogens is 254 g/mol. The molecule has 1 N–H and O–H groups in total. The molecule has 2 heterocycles. The average molecular weight is 277 g/mol. The molecule has 1 aliphatic carbocycles. The average Bonchev–Trinajstić information content (AvgIpc) is 3.27. The van der Waals surface area contributed by atoms with Crippen molar-refractivity contribution in [3.05, 3.63) is 12.4 Å². The summed E-state index contributed by atoms with van der Waals surface area (Å²) in [5.41, 5.74) is 0. The summed E-state index contributed by atoms with van der Waals surface area (Å²) in [5, 5.41) is 8.99. The molecular formula is C15H23N3O2. The van der Waals surface area contributed by atoms with E-state index in [-0.39, 0.29) is 0 Å². The molecule has 0 spiro atoms. The zero-order valence-electron chi connectivity index (χ0n) is 12.0. The Morgan fingerprint density at radius 2 is 2.00 bits per heavy atom. The predicted molar refractivity (Wildman–Crippen MR) is 76.8 cm³/mol. The molecule has 5 heteroatoms. The molecule has 1 aliphatic heterocycles. The van der Waals surface area contributed by atoms with E-state index in [1.807, 2.05) is 0 Å². The van der Waals surface area contributed by atoms with Gasteiger partial charge in [0.25, 0.3) is 0 Å². The number of rotatable bonds is 5. The zero-order valence-corrected chi connectivity index (χ0v) is 12.0. The van der Waals surface area contributed by atoms with Crippen LogP contribution < -0.4 is 9.64 Å². The van der Waals surface area contributed by atoms with Crippen molar-refractivity contribution in [3.8, 4) is 5.75 Å². The highest BCUT2D eigenvalue weighted by Gasteiger charge is 2.42. The highest BCUT2D eigenvalue weighted by atomic mass is 16.5. The van der Waals surface area contributed by atoms with Crippen molar-refractivity contribution >= 4 is 5.95 Å². The van der Waals surface area contributed by atoms with Crippen molar-refractivity contribution in [1.29, 1.82) is 0 Å². The van der Waals surface area contributed by atoms with Crippen LogP contribution >= 0.6 is 0 Å². The zero-order chi connectivity index (χ0) is 13.9. The van der Waals surface area contributed by atoms with Crippen LogP contribution in [-0.4, -0.2) is 41.9 Å². The van der Waals surface area contributed by atoms with Gasteiger partial charge in [0.2, 0.25) is 5.95 Å². The fourth-order valence-electron chi connectivity index (χ4n) is 3.45. The molecule has 0 bridgehead atoms. The lowest BCUT2D eigenvalue weighted by atomic mass is 9.90. The summed E-state index contributed by atoms with van der Waals surface area (Å²) in [5.74, 6) is 4.00. The monoisotopic (exact) mass is 277 g/mol. The molecule has 2 unspecified atom stereocenters. The van der Waals surface area contributed by atoms with Gasteiger partial charge in [0.05, 0.1) is 19.5 Å². The number of aliphatic hydroxyl groups is 1. The minimum absolute atomic E-state index is 0.347. The van der Waals surface area contributed by atoms with E-state index in [4.69, 9.17) is 9.84 Å². The van der Waals surface area contributed by atoms with E-state index < -0.39 is 0 Å². The lowest BCUT2D eigenvalue weighted by Gasteiger charge is -2.32. The summed E-state index contributed by atoms with van der Waals surface area (Å²) >= 11 is 0. The molecule has 2 atom stereocenters. The van der Waals surface area contributed by atoms with Crippen LogP contribution in [-0.2, 0) is 0 Å². The topological polar surface area (TPSA) is 58.5 Å². The van der Waals surface area contributed by atoms with Gasteiger partial charge < -0.3 is 14.7 Å². The molecule has 20 heavy (non-hydrogen) atoms. The number of ether oxygens (including phenoxy) is 1. The Balaban J connectivity index is 1.50. The SMILES string of the molecule is COc1cnc(N2CCC(C3CC3CCO)CC2)nc1. The molecule has 1 saturated carbocycles. The molecule has 5 nitrogen and oxygen atoms in total. The second-order valence-electron chi connectivity index (χ2n) is 5.92. The van der Waals surface area contributed by atoms with Gasteiger partial charge in [-0.15, -0.1) is 0 Å². The van der Waals surface area contributed by atoms with Gasteiger partial charge in [-0.3, -0.25) is 0 Å². The van der Waals surface area contributed by atoms with Crippen LogP contribution in [0.15, 0.2) is 12.4 Å². The van der Waals surface area contributed by atoms with Crippen molar-refractivity contribution in [2.24, 2.45) is 17.8 Å². The fraction of sp³-hybridized carbons (Fsp3) is 0.733. The van der Waals surface area contributed by atoms with Gasteiger partial charge in [-0.05, 0) is 43.4 Å². The summed E-state index contributed by atoms with van der Waals surface area (Å²) in [6, 6.07) is 0. The minimum Gasteiger partial charge on any atom is -0.494 e. The quantitative estimate of drug-likeness (QED) is 0.888. The maximum absolute atomic E-state index is 8.99. The van der Waals surface area contributed by atoms with Gasteiger partial charge in [0, 0.05) is 19.7 Å². The van der Waals surface area contributed by atoms with Crippen molar-refractivity contribution in [2.75, 3.05) is 31.7 Å². The molecule has 1 saturated heterocycles. The van der Waals surface area contributed by atoms with Crippen LogP contribution in [0.5, 0.6) is 5.75 Å². The number of hydrogen-bond donors (Lipinski definition) is 1. The number of aromatic nitrogens is 2. The van der Waals surface area contributed by atoms with Crippen LogP contribution in [0.2, 0.25) is 0 Å². The Hall–Kier alpha value is -1.36. The summed E-state index contributed by atoms with van der Waals surface area (Å²) in [6.45, 7) is 2.43. The summed E-state index contributed by atoms with van der Waals surface area (Å²) in [7, 11) is 1.63. The minimum atomic E-state index is 0.347. The van der Waals surface area contributed by atoms with Gasteiger partial charge in [-0.2, -0.15) is 0 Å². The van der Waals surface area contributed by atoms with E-state index in [9.17, 15) is 0 Å². The first-order chi connectivity index (χ1) is 9.81. The molecule has 110 valence electrons. The van der Waals surface area contributed by atoms with E-state index in [2.05, 4.69) is 14.9 Å². The van der Waals surface area contributed by atoms with Gasteiger partial charge in [0.15, 0.2) is 5.75 Å². The Bertz CT molecular complexity index is 429. The molecule has 2 aliphatic rings. The highest BCUT2D eigenvalue weighted by Crippen LogP contribution is 2.49. The second kappa shape index (κ2) is 5.95. The van der Waals surface area contributed by atoms with Gasteiger partial charge >= 0.3 is 0 Å². The van der Waals surface area contributed by atoms with Crippen LogP contribution in [0.3, 0.4) is 0 Å². The second-order valence-corrected chi connectivity index (χ2v) is 5.92. The molecule has 3 rings (SSSR count). The molecule has 1 aromatic rings. The molecule has 2 fully saturated rings. The van der Waals surface area contributed by atoms with Crippen molar-refractivity contribution in [3.63, 3.8) is 0 Å². The summed E-state index contributed by atoms with van der Waals surface area (Å²) < 4.78 is 5.08. The normalized spacial score (nSPS) is 26.6. The van der Waals surface area contributed by atoms with E-state index in [1.165, 1.54) is 19.3 Å². The van der Waals surface area contributed by atoms with Crippen LogP contribution in [0.4, 0.5) is 5.95 Å². The largest absolute Gasteiger partial charge is 0.494 e. The van der Waals surface area contributed by atoms with Gasteiger partial charge in [-0.1, -0.05) is 0 Å². The third-order valence-electron chi connectivity index (χ3n) is 4.76. The van der Waals surface area contributed by atoms with E-state index in [0.29, 0.717) is 12.4 Å². The van der Waals surface area contributed by atoms with E-state index in [0.717, 1.165) is 43.2 Å². The Morgan fingerprint density at radius 1 is 1.30 bits per heavy atom. The maximum atomic E-state index is 8.99. The Kier molecular flexibility index (Phi) is 4.05. The van der Waals surface area contributed by atoms with E-state index >= 15 is 0 Å². The first-order valence-electron chi connectivity index (χ1n) is 7.53. The third kappa shape index (κ3) is 2.87. The molecule has 0 amide bonds. The highest BCUT2D eigenvalue weighted by molar-refractivity contribution is 5.32. The lowest BCUT2D eigenvalue weighted by Crippen LogP contribution is -2.35.